The van der Waals surface area contributed by atoms with E-state index in [0.717, 1.165) is 25.0 Å². The molecular formula is C13H24N2O. The zero-order chi connectivity index (χ0) is 11.2. The van der Waals surface area contributed by atoms with Crippen molar-refractivity contribution in [3.05, 3.63) is 0 Å². The van der Waals surface area contributed by atoms with E-state index in [9.17, 15) is 0 Å². The molecule has 1 N–H and O–H groups in total. The summed E-state index contributed by atoms with van der Waals surface area (Å²) >= 11 is 0. The summed E-state index contributed by atoms with van der Waals surface area (Å²) in [7, 11) is 0. The SMILES string of the molecule is CC1(C)C2CNCC2CN1C1CCCOC1. The molecular weight excluding hydrogens is 200 g/mol. The summed E-state index contributed by atoms with van der Waals surface area (Å²) in [4.78, 5) is 2.74. The molecule has 0 radical (unpaired) electrons. The van der Waals surface area contributed by atoms with Crippen LogP contribution in [0.2, 0.25) is 0 Å². The first-order valence-corrected chi connectivity index (χ1v) is 6.75. The molecule has 0 aromatic heterocycles. The topological polar surface area (TPSA) is 24.5 Å². The molecule has 3 heterocycles. The van der Waals surface area contributed by atoms with Crippen LogP contribution in [-0.4, -0.2) is 49.3 Å². The largest absolute Gasteiger partial charge is 0.380 e. The summed E-state index contributed by atoms with van der Waals surface area (Å²) in [6, 6.07) is 0.675. The number of fused-ring (bicyclic) bond motifs is 1. The van der Waals surface area contributed by atoms with Gasteiger partial charge in [0.25, 0.3) is 0 Å². The molecule has 0 aliphatic carbocycles. The van der Waals surface area contributed by atoms with Gasteiger partial charge in [0.1, 0.15) is 0 Å². The number of nitrogens with zero attached hydrogens (tertiary/aromatic N) is 1. The van der Waals surface area contributed by atoms with Gasteiger partial charge in [0.15, 0.2) is 0 Å². The molecule has 3 unspecified atom stereocenters. The molecule has 3 fully saturated rings. The third kappa shape index (κ3) is 1.60. The van der Waals surface area contributed by atoms with Crippen molar-refractivity contribution in [1.82, 2.24) is 10.2 Å². The van der Waals surface area contributed by atoms with E-state index in [1.165, 1.54) is 32.5 Å². The van der Waals surface area contributed by atoms with Crippen LogP contribution >= 0.6 is 0 Å². The smallest absolute Gasteiger partial charge is 0.0622 e. The van der Waals surface area contributed by atoms with Crippen LogP contribution in [0.25, 0.3) is 0 Å². The number of likely N-dealkylation sites (tertiary alicyclic amines) is 1. The van der Waals surface area contributed by atoms with Crippen molar-refractivity contribution in [3.63, 3.8) is 0 Å². The Morgan fingerprint density at radius 2 is 2.19 bits per heavy atom. The molecule has 3 heteroatoms. The van der Waals surface area contributed by atoms with Crippen LogP contribution in [0.3, 0.4) is 0 Å². The van der Waals surface area contributed by atoms with Gasteiger partial charge in [-0.05, 0) is 45.1 Å². The van der Waals surface area contributed by atoms with Crippen molar-refractivity contribution in [1.29, 1.82) is 0 Å². The van der Waals surface area contributed by atoms with Crippen LogP contribution in [0.5, 0.6) is 0 Å². The van der Waals surface area contributed by atoms with E-state index >= 15 is 0 Å². The molecule has 0 amide bonds. The molecule has 0 saturated carbocycles. The predicted octanol–water partition coefficient (Wildman–Crippen LogP) is 1.10. The Morgan fingerprint density at radius 3 is 2.88 bits per heavy atom. The average Bonchev–Trinajstić information content (AvgIpc) is 2.83. The van der Waals surface area contributed by atoms with E-state index in [4.69, 9.17) is 4.74 Å². The van der Waals surface area contributed by atoms with Gasteiger partial charge in [0.2, 0.25) is 0 Å². The Hall–Kier alpha value is -0.120. The quantitative estimate of drug-likeness (QED) is 0.722. The lowest BCUT2D eigenvalue weighted by Crippen LogP contribution is -2.52. The zero-order valence-electron chi connectivity index (χ0n) is 10.5. The molecule has 3 aliphatic heterocycles. The molecule has 0 spiro atoms. The Balaban J connectivity index is 1.75. The molecule has 3 aliphatic rings. The maximum absolute atomic E-state index is 5.65. The molecule has 92 valence electrons. The van der Waals surface area contributed by atoms with Gasteiger partial charge in [-0.15, -0.1) is 0 Å². The maximum Gasteiger partial charge on any atom is 0.0622 e. The minimum Gasteiger partial charge on any atom is -0.380 e. The first kappa shape index (κ1) is 11.0. The van der Waals surface area contributed by atoms with Gasteiger partial charge in [0, 0.05) is 31.3 Å². The van der Waals surface area contributed by atoms with E-state index < -0.39 is 0 Å². The molecule has 3 rings (SSSR count). The van der Waals surface area contributed by atoms with E-state index in [2.05, 4.69) is 24.1 Å². The van der Waals surface area contributed by atoms with Crippen LogP contribution in [0.1, 0.15) is 26.7 Å². The summed E-state index contributed by atoms with van der Waals surface area (Å²) in [6.45, 7) is 10.5. The number of hydrogen-bond donors (Lipinski definition) is 1. The summed E-state index contributed by atoms with van der Waals surface area (Å²) in [5.41, 5.74) is 0.361. The fourth-order valence-corrected chi connectivity index (χ4v) is 4.04. The summed E-state index contributed by atoms with van der Waals surface area (Å²) in [5, 5.41) is 3.55. The number of hydrogen-bond acceptors (Lipinski definition) is 3. The fourth-order valence-electron chi connectivity index (χ4n) is 4.04. The predicted molar refractivity (Wildman–Crippen MR) is 64.5 cm³/mol. The molecule has 3 nitrogen and oxygen atoms in total. The van der Waals surface area contributed by atoms with Gasteiger partial charge in [-0.2, -0.15) is 0 Å². The third-order valence-electron chi connectivity index (χ3n) is 5.00. The lowest BCUT2D eigenvalue weighted by molar-refractivity contribution is -0.0134. The van der Waals surface area contributed by atoms with Crippen molar-refractivity contribution >= 4 is 0 Å². The van der Waals surface area contributed by atoms with Crippen molar-refractivity contribution in [2.45, 2.75) is 38.3 Å². The van der Waals surface area contributed by atoms with Crippen molar-refractivity contribution in [2.24, 2.45) is 11.8 Å². The van der Waals surface area contributed by atoms with Crippen molar-refractivity contribution < 1.29 is 4.74 Å². The standard InChI is InChI=1S/C13H24N2O/c1-13(2)12-7-14-6-10(12)8-15(13)11-4-3-5-16-9-11/h10-12,14H,3-9H2,1-2H3. The van der Waals surface area contributed by atoms with E-state index in [-0.39, 0.29) is 0 Å². The number of rotatable bonds is 1. The number of nitrogens with one attached hydrogen (secondary N) is 1. The van der Waals surface area contributed by atoms with Crippen LogP contribution in [0, 0.1) is 11.8 Å². The highest BCUT2D eigenvalue weighted by Crippen LogP contribution is 2.42. The first-order valence-electron chi connectivity index (χ1n) is 6.75. The summed E-state index contributed by atoms with van der Waals surface area (Å²) in [6.07, 6.45) is 2.57. The van der Waals surface area contributed by atoms with Crippen LogP contribution in [0.15, 0.2) is 0 Å². The second kappa shape index (κ2) is 3.97. The summed E-state index contributed by atoms with van der Waals surface area (Å²) < 4.78 is 5.65. The highest BCUT2D eigenvalue weighted by Gasteiger charge is 2.51. The van der Waals surface area contributed by atoms with Crippen LogP contribution < -0.4 is 5.32 Å². The van der Waals surface area contributed by atoms with E-state index in [0.29, 0.717) is 11.6 Å². The zero-order valence-corrected chi connectivity index (χ0v) is 10.5. The third-order valence-corrected chi connectivity index (χ3v) is 5.00. The molecule has 0 aromatic carbocycles. The van der Waals surface area contributed by atoms with Crippen molar-refractivity contribution in [2.75, 3.05) is 32.8 Å². The van der Waals surface area contributed by atoms with E-state index in [1.54, 1.807) is 0 Å². The Bertz CT molecular complexity index is 261. The average molecular weight is 224 g/mol. The molecule has 3 atom stereocenters. The highest BCUT2D eigenvalue weighted by molar-refractivity contribution is 5.06. The molecule has 0 bridgehead atoms. The van der Waals surface area contributed by atoms with Gasteiger partial charge in [-0.25, -0.2) is 0 Å². The summed E-state index contributed by atoms with van der Waals surface area (Å²) in [5.74, 6) is 1.71. The van der Waals surface area contributed by atoms with E-state index in [1.807, 2.05) is 0 Å². The monoisotopic (exact) mass is 224 g/mol. The number of ether oxygens (including phenoxy) is 1. The molecule has 3 saturated heterocycles. The Labute approximate surface area is 98.5 Å². The minimum absolute atomic E-state index is 0.361. The van der Waals surface area contributed by atoms with Crippen LogP contribution in [0.4, 0.5) is 0 Å². The van der Waals surface area contributed by atoms with Crippen LogP contribution in [-0.2, 0) is 4.74 Å². The maximum atomic E-state index is 5.65. The lowest BCUT2D eigenvalue weighted by atomic mass is 9.84. The Morgan fingerprint density at radius 1 is 1.31 bits per heavy atom. The molecule has 0 aromatic rings. The van der Waals surface area contributed by atoms with Gasteiger partial charge >= 0.3 is 0 Å². The van der Waals surface area contributed by atoms with Gasteiger partial charge in [0.05, 0.1) is 6.61 Å². The second-order valence-electron chi connectivity index (χ2n) is 6.20. The molecule has 16 heavy (non-hydrogen) atoms. The van der Waals surface area contributed by atoms with Gasteiger partial charge in [-0.3, -0.25) is 4.90 Å². The Kier molecular flexibility index (Phi) is 2.73. The lowest BCUT2D eigenvalue weighted by Gasteiger charge is -2.42. The minimum atomic E-state index is 0.361. The second-order valence-corrected chi connectivity index (χ2v) is 6.20. The fraction of sp³-hybridized carbons (Fsp3) is 1.00. The first-order chi connectivity index (χ1) is 7.69. The van der Waals surface area contributed by atoms with Gasteiger partial charge < -0.3 is 10.1 Å². The van der Waals surface area contributed by atoms with Crippen molar-refractivity contribution in [3.8, 4) is 0 Å². The highest BCUT2D eigenvalue weighted by atomic mass is 16.5. The van der Waals surface area contributed by atoms with Gasteiger partial charge in [-0.1, -0.05) is 0 Å². The normalized spacial score (nSPS) is 43.5.